The number of methoxy groups -OCH3 is 1. The van der Waals surface area contributed by atoms with Gasteiger partial charge in [-0.2, -0.15) is 0 Å². The second-order valence-electron chi connectivity index (χ2n) is 9.41. The van der Waals surface area contributed by atoms with Crippen molar-refractivity contribution in [3.8, 4) is 5.75 Å². The van der Waals surface area contributed by atoms with E-state index in [1.165, 1.54) is 5.69 Å². The van der Waals surface area contributed by atoms with Crippen LogP contribution in [0.3, 0.4) is 0 Å². The molecule has 3 aliphatic rings. The molecule has 0 spiro atoms. The number of carbonyl (C=O) groups excluding carboxylic acids is 2. The summed E-state index contributed by atoms with van der Waals surface area (Å²) in [5.41, 5.74) is 4.84. The maximum Gasteiger partial charge on any atom is 0.300 e. The minimum Gasteiger partial charge on any atom is -0.497 e. The lowest BCUT2D eigenvalue weighted by Crippen LogP contribution is -2.47. The van der Waals surface area contributed by atoms with E-state index >= 15 is 0 Å². The van der Waals surface area contributed by atoms with Crippen LogP contribution in [-0.4, -0.2) is 55.4 Å². The Morgan fingerprint density at radius 2 is 1.67 bits per heavy atom. The molecule has 6 nitrogen and oxygen atoms in total. The normalized spacial score (nSPS) is 19.3. The molecule has 33 heavy (non-hydrogen) atoms. The van der Waals surface area contributed by atoms with E-state index in [2.05, 4.69) is 34.2 Å². The Bertz CT molecular complexity index is 1190. The fourth-order valence-corrected chi connectivity index (χ4v) is 5.17. The molecule has 3 heterocycles. The van der Waals surface area contributed by atoms with Gasteiger partial charge in [-0.25, -0.2) is 0 Å². The number of ketones is 1. The quantitative estimate of drug-likeness (QED) is 0.663. The summed E-state index contributed by atoms with van der Waals surface area (Å²) >= 11 is 0. The van der Waals surface area contributed by atoms with Crippen LogP contribution in [0.2, 0.25) is 0 Å². The standard InChI is InChI=1S/C27H29N3O3/c1-18-17-27(2,3)30-24-22(18)10-5-19(23(24)25(31)26(30)32)11-12-28-13-15-29(16-14-28)20-6-8-21(33-4)9-7-20/h5-12,17H,13-16H2,1-4H3/b12-11+. The number of hydrogen-bond donors (Lipinski definition) is 0. The van der Waals surface area contributed by atoms with Gasteiger partial charge in [0, 0.05) is 37.4 Å². The van der Waals surface area contributed by atoms with Crippen LogP contribution in [0.4, 0.5) is 11.4 Å². The largest absolute Gasteiger partial charge is 0.497 e. The number of ether oxygens (including phenoxy) is 1. The number of piperazine rings is 1. The van der Waals surface area contributed by atoms with Gasteiger partial charge in [0.05, 0.1) is 23.9 Å². The second kappa shape index (κ2) is 7.80. The smallest absolute Gasteiger partial charge is 0.300 e. The number of carbonyl (C=O) groups is 2. The number of benzene rings is 2. The van der Waals surface area contributed by atoms with Crippen molar-refractivity contribution in [2.24, 2.45) is 0 Å². The molecule has 0 bridgehead atoms. The van der Waals surface area contributed by atoms with Gasteiger partial charge in [-0.3, -0.25) is 14.5 Å². The minimum absolute atomic E-state index is 0.410. The maximum absolute atomic E-state index is 13.0. The highest BCUT2D eigenvalue weighted by Gasteiger charge is 2.47. The minimum atomic E-state index is -0.519. The van der Waals surface area contributed by atoms with Gasteiger partial charge in [0.15, 0.2) is 0 Å². The van der Waals surface area contributed by atoms with Crippen LogP contribution in [0.25, 0.3) is 11.6 Å². The van der Waals surface area contributed by atoms with E-state index in [1.807, 2.05) is 51.1 Å². The molecule has 1 amide bonds. The molecule has 1 saturated heterocycles. The summed E-state index contributed by atoms with van der Waals surface area (Å²) in [6, 6.07) is 12.1. The Hall–Kier alpha value is -3.54. The molecule has 3 aliphatic heterocycles. The molecule has 5 rings (SSSR count). The molecular weight excluding hydrogens is 414 g/mol. The zero-order valence-corrected chi connectivity index (χ0v) is 19.6. The Labute approximate surface area is 194 Å². The van der Waals surface area contributed by atoms with Crippen molar-refractivity contribution in [2.75, 3.05) is 43.1 Å². The van der Waals surface area contributed by atoms with Crippen molar-refractivity contribution in [1.29, 1.82) is 0 Å². The zero-order valence-electron chi connectivity index (χ0n) is 19.6. The molecule has 1 fully saturated rings. The highest BCUT2D eigenvalue weighted by atomic mass is 16.5. The van der Waals surface area contributed by atoms with Crippen LogP contribution in [0.15, 0.2) is 48.7 Å². The van der Waals surface area contributed by atoms with Gasteiger partial charge < -0.3 is 14.5 Å². The van der Waals surface area contributed by atoms with Gasteiger partial charge in [0.25, 0.3) is 11.7 Å². The summed E-state index contributed by atoms with van der Waals surface area (Å²) in [6.07, 6.45) is 6.10. The summed E-state index contributed by atoms with van der Waals surface area (Å²) in [5.74, 6) is 0.0140. The molecular formula is C27H29N3O3. The second-order valence-corrected chi connectivity index (χ2v) is 9.41. The van der Waals surface area contributed by atoms with Gasteiger partial charge in [-0.15, -0.1) is 0 Å². The molecule has 2 aromatic carbocycles. The number of nitrogens with zero attached hydrogens (tertiary/aromatic N) is 3. The van der Waals surface area contributed by atoms with Crippen LogP contribution >= 0.6 is 0 Å². The van der Waals surface area contributed by atoms with Crippen molar-refractivity contribution < 1.29 is 14.3 Å². The van der Waals surface area contributed by atoms with Crippen molar-refractivity contribution in [3.05, 3.63) is 65.4 Å². The van der Waals surface area contributed by atoms with E-state index in [0.29, 0.717) is 5.56 Å². The van der Waals surface area contributed by atoms with Crippen molar-refractivity contribution in [3.63, 3.8) is 0 Å². The maximum atomic E-state index is 13.0. The first-order chi connectivity index (χ1) is 15.8. The van der Waals surface area contributed by atoms with E-state index in [9.17, 15) is 9.59 Å². The van der Waals surface area contributed by atoms with E-state index < -0.39 is 17.2 Å². The highest BCUT2D eigenvalue weighted by Crippen LogP contribution is 2.46. The Morgan fingerprint density at radius 3 is 2.33 bits per heavy atom. The van der Waals surface area contributed by atoms with E-state index in [0.717, 1.165) is 54.3 Å². The van der Waals surface area contributed by atoms with Gasteiger partial charge in [-0.05, 0) is 68.4 Å². The first-order valence-corrected chi connectivity index (χ1v) is 11.4. The molecule has 6 heteroatoms. The summed E-state index contributed by atoms with van der Waals surface area (Å²) < 4.78 is 5.25. The Balaban J connectivity index is 1.35. The number of rotatable bonds is 4. The first kappa shape index (κ1) is 21.3. The lowest BCUT2D eigenvalue weighted by Gasteiger charge is -2.38. The monoisotopic (exact) mass is 443 g/mol. The summed E-state index contributed by atoms with van der Waals surface area (Å²) in [5, 5.41) is 0. The van der Waals surface area contributed by atoms with E-state index in [-0.39, 0.29) is 0 Å². The molecule has 2 aromatic rings. The SMILES string of the molecule is COc1ccc(N2CCN(/C=C/c3ccc4c5c3C(=O)C(=O)N5C(C)(C)C=C4C)CC2)cc1. The predicted molar refractivity (Wildman–Crippen MR) is 132 cm³/mol. The highest BCUT2D eigenvalue weighted by molar-refractivity contribution is 6.53. The Morgan fingerprint density at radius 1 is 0.970 bits per heavy atom. The van der Waals surface area contributed by atoms with Gasteiger partial charge in [0.1, 0.15) is 5.75 Å². The summed E-state index contributed by atoms with van der Waals surface area (Å²) in [7, 11) is 1.68. The third-order valence-corrected chi connectivity index (χ3v) is 6.85. The summed E-state index contributed by atoms with van der Waals surface area (Å²) in [6.45, 7) is 9.59. The number of anilines is 2. The third-order valence-electron chi connectivity index (χ3n) is 6.85. The molecule has 0 atom stereocenters. The predicted octanol–water partition coefficient (Wildman–Crippen LogP) is 4.21. The van der Waals surface area contributed by atoms with Gasteiger partial charge in [-0.1, -0.05) is 18.2 Å². The molecule has 0 unspecified atom stereocenters. The lowest BCUT2D eigenvalue weighted by atomic mass is 9.88. The molecule has 0 saturated carbocycles. The molecule has 170 valence electrons. The topological polar surface area (TPSA) is 53.1 Å². The lowest BCUT2D eigenvalue weighted by molar-refractivity contribution is -0.115. The van der Waals surface area contributed by atoms with E-state index in [1.54, 1.807) is 12.0 Å². The first-order valence-electron chi connectivity index (χ1n) is 11.4. The van der Waals surface area contributed by atoms with Crippen LogP contribution in [-0.2, 0) is 4.79 Å². The van der Waals surface area contributed by atoms with E-state index in [4.69, 9.17) is 4.74 Å². The van der Waals surface area contributed by atoms with Crippen LogP contribution < -0.4 is 14.5 Å². The van der Waals surface area contributed by atoms with Crippen LogP contribution in [0.1, 0.15) is 42.3 Å². The number of allylic oxidation sites excluding steroid dienone is 1. The van der Waals surface area contributed by atoms with Crippen molar-refractivity contribution in [1.82, 2.24) is 4.90 Å². The zero-order chi connectivity index (χ0) is 23.3. The molecule has 0 N–H and O–H groups in total. The average molecular weight is 444 g/mol. The molecule has 0 radical (unpaired) electrons. The van der Waals surface area contributed by atoms with Gasteiger partial charge in [0.2, 0.25) is 0 Å². The van der Waals surface area contributed by atoms with Crippen LogP contribution in [0, 0.1) is 0 Å². The fourth-order valence-electron chi connectivity index (χ4n) is 5.17. The Kier molecular flexibility index (Phi) is 5.04. The third kappa shape index (κ3) is 3.50. The number of Topliss-reactive ketones (excluding diaryl/α,β-unsaturated/α-hetero) is 1. The van der Waals surface area contributed by atoms with Crippen molar-refractivity contribution in [2.45, 2.75) is 26.3 Å². The number of hydrogen-bond acceptors (Lipinski definition) is 5. The van der Waals surface area contributed by atoms with Crippen molar-refractivity contribution >= 4 is 34.7 Å². The average Bonchev–Trinajstić information content (AvgIpc) is 3.09. The van der Waals surface area contributed by atoms with Gasteiger partial charge >= 0.3 is 0 Å². The molecule has 0 aliphatic carbocycles. The summed E-state index contributed by atoms with van der Waals surface area (Å²) in [4.78, 5) is 32.1. The molecule has 0 aromatic heterocycles. The number of amides is 1. The van der Waals surface area contributed by atoms with Crippen LogP contribution in [0.5, 0.6) is 5.75 Å². The fraction of sp³-hybridized carbons (Fsp3) is 0.333.